The van der Waals surface area contributed by atoms with Crippen LogP contribution >= 0.6 is 50.9 Å². The van der Waals surface area contributed by atoms with Gasteiger partial charge < -0.3 is 4.42 Å². The number of halogens is 3. The summed E-state index contributed by atoms with van der Waals surface area (Å²) in [4.78, 5) is 26.6. The Morgan fingerprint density at radius 2 is 1.83 bits per heavy atom. The molecule has 1 saturated heterocycles. The van der Waals surface area contributed by atoms with Gasteiger partial charge in [-0.1, -0.05) is 63.4 Å². The van der Waals surface area contributed by atoms with Crippen molar-refractivity contribution >= 4 is 68.1 Å². The van der Waals surface area contributed by atoms with E-state index < -0.39 is 0 Å². The number of imide groups is 1. The van der Waals surface area contributed by atoms with E-state index in [-0.39, 0.29) is 17.7 Å². The van der Waals surface area contributed by atoms with Crippen LogP contribution in [0, 0.1) is 0 Å². The van der Waals surface area contributed by atoms with Crippen molar-refractivity contribution in [2.45, 2.75) is 6.54 Å². The van der Waals surface area contributed by atoms with Crippen LogP contribution in [-0.2, 0) is 11.3 Å². The number of hydrogen-bond donors (Lipinski definition) is 0. The van der Waals surface area contributed by atoms with Crippen molar-refractivity contribution < 1.29 is 14.0 Å². The summed E-state index contributed by atoms with van der Waals surface area (Å²) < 4.78 is 6.65. The van der Waals surface area contributed by atoms with Gasteiger partial charge in [-0.05, 0) is 47.7 Å². The van der Waals surface area contributed by atoms with Crippen molar-refractivity contribution in [2.24, 2.45) is 0 Å². The Hall–Kier alpha value is -1.99. The molecule has 0 saturated carbocycles. The van der Waals surface area contributed by atoms with E-state index in [1.54, 1.807) is 36.4 Å². The fourth-order valence-electron chi connectivity index (χ4n) is 2.83. The van der Waals surface area contributed by atoms with E-state index in [1.807, 2.05) is 24.3 Å². The Kier molecular flexibility index (Phi) is 5.88. The molecule has 146 valence electrons. The third kappa shape index (κ3) is 4.16. The molecule has 8 heteroatoms. The molecule has 1 fully saturated rings. The quantitative estimate of drug-likeness (QED) is 0.348. The zero-order valence-corrected chi connectivity index (χ0v) is 18.6. The van der Waals surface area contributed by atoms with Crippen LogP contribution in [0.1, 0.15) is 11.3 Å². The smallest absolute Gasteiger partial charge is 0.293 e. The van der Waals surface area contributed by atoms with Crippen LogP contribution in [0.2, 0.25) is 10.0 Å². The average molecular weight is 509 g/mol. The molecular formula is C21H12BrCl2NO3S. The Labute approximate surface area is 189 Å². The first-order valence-corrected chi connectivity index (χ1v) is 10.8. The second-order valence-corrected chi connectivity index (χ2v) is 8.80. The molecule has 2 amide bonds. The Balaban J connectivity index is 1.57. The molecule has 1 aromatic heterocycles. The van der Waals surface area contributed by atoms with E-state index in [0.717, 1.165) is 21.8 Å². The molecule has 4 nitrogen and oxygen atoms in total. The van der Waals surface area contributed by atoms with Crippen molar-refractivity contribution in [3.05, 3.63) is 85.3 Å². The summed E-state index contributed by atoms with van der Waals surface area (Å²) in [6.45, 7) is 0.199. The average Bonchev–Trinajstić information content (AvgIpc) is 3.26. The fourth-order valence-corrected chi connectivity index (χ4v) is 4.45. The van der Waals surface area contributed by atoms with Gasteiger partial charge in [0.05, 0.1) is 21.5 Å². The lowest BCUT2D eigenvalue weighted by atomic mass is 10.2. The molecule has 29 heavy (non-hydrogen) atoms. The predicted molar refractivity (Wildman–Crippen MR) is 120 cm³/mol. The third-order valence-electron chi connectivity index (χ3n) is 4.28. The highest BCUT2D eigenvalue weighted by molar-refractivity contribution is 9.10. The maximum Gasteiger partial charge on any atom is 0.293 e. The van der Waals surface area contributed by atoms with Crippen LogP contribution in [0.3, 0.4) is 0 Å². The van der Waals surface area contributed by atoms with Crippen LogP contribution in [0.5, 0.6) is 0 Å². The van der Waals surface area contributed by atoms with Crippen LogP contribution in [0.4, 0.5) is 4.79 Å². The van der Waals surface area contributed by atoms with Gasteiger partial charge in [0.1, 0.15) is 11.5 Å². The number of hydrogen-bond acceptors (Lipinski definition) is 4. The van der Waals surface area contributed by atoms with Gasteiger partial charge in [-0.3, -0.25) is 14.5 Å². The van der Waals surface area contributed by atoms with Crippen molar-refractivity contribution in [3.8, 4) is 11.3 Å². The number of furan rings is 1. The number of nitrogens with zero attached hydrogens (tertiary/aromatic N) is 1. The maximum absolute atomic E-state index is 12.7. The number of benzene rings is 2. The minimum Gasteiger partial charge on any atom is -0.457 e. The van der Waals surface area contributed by atoms with Gasteiger partial charge in [-0.25, -0.2) is 0 Å². The molecule has 0 radical (unpaired) electrons. The van der Waals surface area contributed by atoms with Crippen molar-refractivity contribution in [2.75, 3.05) is 0 Å². The first kappa shape index (κ1) is 20.3. The molecule has 0 atom stereocenters. The molecule has 2 heterocycles. The Bertz CT molecular complexity index is 1160. The first-order valence-electron chi connectivity index (χ1n) is 8.47. The van der Waals surface area contributed by atoms with Crippen molar-refractivity contribution in [3.63, 3.8) is 0 Å². The first-order chi connectivity index (χ1) is 13.9. The predicted octanol–water partition coefficient (Wildman–Crippen LogP) is 7.25. The zero-order chi connectivity index (χ0) is 20.5. The lowest BCUT2D eigenvalue weighted by molar-refractivity contribution is -0.123. The zero-order valence-electron chi connectivity index (χ0n) is 14.7. The largest absolute Gasteiger partial charge is 0.457 e. The summed E-state index contributed by atoms with van der Waals surface area (Å²) in [5.74, 6) is 0.619. The van der Waals surface area contributed by atoms with E-state index in [1.165, 1.54) is 4.90 Å². The summed E-state index contributed by atoms with van der Waals surface area (Å²) in [7, 11) is 0. The molecule has 0 N–H and O–H groups in total. The maximum atomic E-state index is 12.7. The SMILES string of the molecule is O=C1S/C(=C\c2ccc(-c3cccc(Cl)c3Cl)o2)C(=O)N1Cc1ccccc1Br. The van der Waals surface area contributed by atoms with E-state index in [4.69, 9.17) is 27.6 Å². The van der Waals surface area contributed by atoms with Crippen LogP contribution in [0.15, 0.2) is 68.4 Å². The minimum atomic E-state index is -0.352. The second kappa shape index (κ2) is 8.40. The van der Waals surface area contributed by atoms with E-state index in [2.05, 4.69) is 15.9 Å². The van der Waals surface area contributed by atoms with Crippen LogP contribution < -0.4 is 0 Å². The van der Waals surface area contributed by atoms with Gasteiger partial charge >= 0.3 is 0 Å². The summed E-state index contributed by atoms with van der Waals surface area (Å²) >= 11 is 16.6. The van der Waals surface area contributed by atoms with Crippen LogP contribution in [0.25, 0.3) is 17.4 Å². The molecule has 2 aromatic carbocycles. The molecule has 1 aliphatic heterocycles. The molecule has 0 bridgehead atoms. The van der Waals surface area contributed by atoms with Crippen LogP contribution in [-0.4, -0.2) is 16.0 Å². The topological polar surface area (TPSA) is 50.5 Å². The summed E-state index contributed by atoms with van der Waals surface area (Å²) in [5.41, 5.74) is 1.51. The highest BCUT2D eigenvalue weighted by atomic mass is 79.9. The lowest BCUT2D eigenvalue weighted by Crippen LogP contribution is -2.27. The number of amides is 2. The number of rotatable bonds is 4. The highest BCUT2D eigenvalue weighted by Crippen LogP contribution is 2.37. The molecule has 0 unspecified atom stereocenters. The fraction of sp³-hybridized carbons (Fsp3) is 0.0476. The minimum absolute atomic E-state index is 0.199. The van der Waals surface area contributed by atoms with Crippen molar-refractivity contribution in [1.82, 2.24) is 4.90 Å². The highest BCUT2D eigenvalue weighted by Gasteiger charge is 2.35. The van der Waals surface area contributed by atoms with Gasteiger partial charge in [0.2, 0.25) is 0 Å². The monoisotopic (exact) mass is 507 g/mol. The molecular weight excluding hydrogens is 497 g/mol. The van der Waals surface area contributed by atoms with E-state index in [0.29, 0.717) is 32.0 Å². The molecule has 4 rings (SSSR count). The summed E-state index contributed by atoms with van der Waals surface area (Å²) in [5, 5.41) is 0.501. The van der Waals surface area contributed by atoms with Gasteiger partial charge in [0, 0.05) is 16.1 Å². The normalized spacial score (nSPS) is 15.6. The van der Waals surface area contributed by atoms with Gasteiger partial charge in [0.15, 0.2) is 0 Å². The summed E-state index contributed by atoms with van der Waals surface area (Å²) in [6.07, 6.45) is 1.56. The van der Waals surface area contributed by atoms with E-state index >= 15 is 0 Å². The van der Waals surface area contributed by atoms with E-state index in [9.17, 15) is 9.59 Å². The van der Waals surface area contributed by atoms with Crippen molar-refractivity contribution in [1.29, 1.82) is 0 Å². The molecule has 0 spiro atoms. The number of thioether (sulfide) groups is 1. The summed E-state index contributed by atoms with van der Waals surface area (Å²) in [6, 6.07) is 16.2. The molecule has 1 aliphatic rings. The standard InChI is InChI=1S/C21H12BrCl2NO3S/c22-15-6-2-1-4-12(15)11-25-20(26)18(29-21(25)27)10-13-8-9-17(28-13)14-5-3-7-16(23)19(14)24/h1-10H,11H2/b18-10-. The van der Waals surface area contributed by atoms with Gasteiger partial charge in [-0.2, -0.15) is 0 Å². The lowest BCUT2D eigenvalue weighted by Gasteiger charge is -2.13. The van der Waals surface area contributed by atoms with Gasteiger partial charge in [-0.15, -0.1) is 0 Å². The third-order valence-corrected chi connectivity index (χ3v) is 6.78. The second-order valence-electron chi connectivity index (χ2n) is 6.16. The van der Waals surface area contributed by atoms with Gasteiger partial charge in [0.25, 0.3) is 11.1 Å². The number of carbonyl (C=O) groups excluding carboxylic acids is 2. The Morgan fingerprint density at radius 3 is 2.62 bits per heavy atom. The number of carbonyl (C=O) groups is 2. The molecule has 0 aliphatic carbocycles. The Morgan fingerprint density at radius 1 is 1.03 bits per heavy atom. The molecule has 3 aromatic rings.